The van der Waals surface area contributed by atoms with E-state index in [4.69, 9.17) is 10.5 Å². The summed E-state index contributed by atoms with van der Waals surface area (Å²) in [7, 11) is 0. The molecule has 1 rings (SSSR count). The second-order valence-corrected chi connectivity index (χ2v) is 3.55. The molecule has 0 heterocycles. The first-order chi connectivity index (χ1) is 8.13. The molecule has 0 radical (unpaired) electrons. The van der Waals surface area contributed by atoms with E-state index in [1.165, 1.54) is 5.56 Å². The van der Waals surface area contributed by atoms with E-state index in [1.54, 1.807) is 6.92 Å². The molecule has 0 spiro atoms. The number of esters is 1. The summed E-state index contributed by atoms with van der Waals surface area (Å²) < 4.78 is 4.84. The number of carbonyl (C=O) groups excluding carboxylic acids is 1. The summed E-state index contributed by atoms with van der Waals surface area (Å²) in [6, 6.07) is 7.40. The second-order valence-electron chi connectivity index (χ2n) is 3.55. The van der Waals surface area contributed by atoms with E-state index in [2.05, 4.69) is 0 Å². The molecule has 0 aromatic heterocycles. The van der Waals surface area contributed by atoms with Gasteiger partial charge in [0.15, 0.2) is 0 Å². The van der Waals surface area contributed by atoms with E-state index in [0.717, 1.165) is 5.56 Å². The van der Waals surface area contributed by atoms with Crippen molar-refractivity contribution < 1.29 is 9.53 Å². The highest BCUT2D eigenvalue weighted by atomic mass is 16.5. The van der Waals surface area contributed by atoms with Crippen molar-refractivity contribution in [2.45, 2.75) is 40.2 Å². The van der Waals surface area contributed by atoms with E-state index < -0.39 is 6.04 Å². The van der Waals surface area contributed by atoms with Crippen molar-refractivity contribution >= 4 is 5.97 Å². The first kappa shape index (κ1) is 15.7. The van der Waals surface area contributed by atoms with Crippen molar-refractivity contribution in [3.05, 3.63) is 35.4 Å². The number of hydrogen-bond acceptors (Lipinski definition) is 3. The summed E-state index contributed by atoms with van der Waals surface area (Å²) in [5.74, 6) is -0.334. The predicted octanol–water partition coefficient (Wildman–Crippen LogP) is 2.45. The minimum Gasteiger partial charge on any atom is -0.465 e. The molecule has 0 bridgehead atoms. The number of aryl methyl sites for hydroxylation is 1. The Labute approximate surface area is 104 Å². The zero-order valence-electron chi connectivity index (χ0n) is 11.2. The zero-order chi connectivity index (χ0) is 13.3. The molecule has 3 heteroatoms. The molecule has 1 unspecified atom stereocenters. The van der Waals surface area contributed by atoms with Gasteiger partial charge in [-0.05, 0) is 25.8 Å². The number of ether oxygens (including phenoxy) is 1. The highest BCUT2D eigenvalue weighted by Gasteiger charge is 2.14. The first-order valence-corrected chi connectivity index (χ1v) is 6.11. The first-order valence-electron chi connectivity index (χ1n) is 6.11. The molecule has 0 saturated heterocycles. The summed E-state index contributed by atoms with van der Waals surface area (Å²) in [5.41, 5.74) is 7.95. The van der Waals surface area contributed by atoms with Gasteiger partial charge in [-0.1, -0.05) is 43.7 Å². The topological polar surface area (TPSA) is 52.3 Å². The Kier molecular flexibility index (Phi) is 8.07. The van der Waals surface area contributed by atoms with Gasteiger partial charge in [0.05, 0.1) is 6.61 Å². The predicted molar refractivity (Wildman–Crippen MR) is 70.8 cm³/mol. The van der Waals surface area contributed by atoms with Gasteiger partial charge in [-0.2, -0.15) is 0 Å². The normalized spacial score (nSPS) is 11.1. The highest BCUT2D eigenvalue weighted by Crippen LogP contribution is 2.06. The third kappa shape index (κ3) is 6.07. The molecule has 2 N–H and O–H groups in total. The second kappa shape index (κ2) is 8.76. The van der Waals surface area contributed by atoms with Crippen LogP contribution in [0.5, 0.6) is 0 Å². The largest absolute Gasteiger partial charge is 0.465 e. The molecular formula is C14H23NO2. The lowest BCUT2D eigenvalue weighted by molar-refractivity contribution is -0.144. The van der Waals surface area contributed by atoms with E-state index in [-0.39, 0.29) is 5.97 Å². The van der Waals surface area contributed by atoms with Gasteiger partial charge >= 0.3 is 5.97 Å². The molecule has 0 amide bonds. The molecule has 0 aliphatic heterocycles. The van der Waals surface area contributed by atoms with E-state index in [0.29, 0.717) is 13.0 Å². The molecular weight excluding hydrogens is 214 g/mol. The Bertz CT molecular complexity index is 337. The van der Waals surface area contributed by atoms with Crippen LogP contribution in [0.1, 0.15) is 31.9 Å². The van der Waals surface area contributed by atoms with Crippen LogP contribution in [0.15, 0.2) is 24.3 Å². The Morgan fingerprint density at radius 1 is 1.41 bits per heavy atom. The summed E-state index contributed by atoms with van der Waals surface area (Å²) >= 11 is 0. The summed E-state index contributed by atoms with van der Waals surface area (Å²) in [6.45, 7) is 8.16. The molecule has 17 heavy (non-hydrogen) atoms. The molecule has 0 aliphatic carbocycles. The molecule has 3 nitrogen and oxygen atoms in total. The molecule has 1 atom stereocenters. The fourth-order valence-electron chi connectivity index (χ4n) is 1.43. The third-order valence-electron chi connectivity index (χ3n) is 2.13. The lowest BCUT2D eigenvalue weighted by atomic mass is 10.0. The number of carbonyl (C=O) groups is 1. The van der Waals surface area contributed by atoms with Crippen LogP contribution in [0.25, 0.3) is 0 Å². The van der Waals surface area contributed by atoms with E-state index in [1.807, 2.05) is 45.0 Å². The lowest BCUT2D eigenvalue weighted by Gasteiger charge is -2.10. The van der Waals surface area contributed by atoms with Gasteiger partial charge in [0.25, 0.3) is 0 Å². The van der Waals surface area contributed by atoms with Gasteiger partial charge in [-0.15, -0.1) is 0 Å². The molecule has 1 aromatic rings. The maximum atomic E-state index is 11.3. The average Bonchev–Trinajstić information content (AvgIpc) is 2.32. The zero-order valence-corrected chi connectivity index (χ0v) is 11.2. The van der Waals surface area contributed by atoms with Crippen LogP contribution < -0.4 is 5.73 Å². The molecule has 0 fully saturated rings. The van der Waals surface area contributed by atoms with Crippen molar-refractivity contribution in [3.8, 4) is 0 Å². The minimum atomic E-state index is -0.563. The van der Waals surface area contributed by atoms with Gasteiger partial charge in [0, 0.05) is 0 Å². The minimum absolute atomic E-state index is 0.334. The molecule has 0 saturated carbocycles. The fraction of sp³-hybridized carbons (Fsp3) is 0.500. The van der Waals surface area contributed by atoms with Crippen LogP contribution >= 0.6 is 0 Å². The Morgan fingerprint density at radius 3 is 2.59 bits per heavy atom. The van der Waals surface area contributed by atoms with Crippen molar-refractivity contribution in [2.75, 3.05) is 6.61 Å². The average molecular weight is 237 g/mol. The standard InChI is InChI=1S/C12H17NO2.C2H6/c1-3-15-12(14)11(13)8-10-6-4-5-9(2)7-10;1-2/h4-7,11H,3,8,13H2,1-2H3;1-2H3. The van der Waals surface area contributed by atoms with Crippen LogP contribution in [-0.4, -0.2) is 18.6 Å². The maximum Gasteiger partial charge on any atom is 0.323 e. The van der Waals surface area contributed by atoms with Gasteiger partial charge in [0.1, 0.15) is 6.04 Å². The third-order valence-corrected chi connectivity index (χ3v) is 2.13. The fourth-order valence-corrected chi connectivity index (χ4v) is 1.43. The molecule has 0 aliphatic rings. The lowest BCUT2D eigenvalue weighted by Crippen LogP contribution is -2.34. The van der Waals surface area contributed by atoms with Crippen LogP contribution in [0.2, 0.25) is 0 Å². The van der Waals surface area contributed by atoms with Crippen LogP contribution in [-0.2, 0) is 16.0 Å². The van der Waals surface area contributed by atoms with Crippen molar-refractivity contribution in [2.24, 2.45) is 5.73 Å². The van der Waals surface area contributed by atoms with Crippen molar-refractivity contribution in [3.63, 3.8) is 0 Å². The quantitative estimate of drug-likeness (QED) is 0.818. The Balaban J connectivity index is 0.00000121. The Hall–Kier alpha value is -1.35. The highest BCUT2D eigenvalue weighted by molar-refractivity contribution is 5.75. The summed E-state index contributed by atoms with van der Waals surface area (Å²) in [5, 5.41) is 0. The van der Waals surface area contributed by atoms with Crippen molar-refractivity contribution in [1.82, 2.24) is 0 Å². The van der Waals surface area contributed by atoms with Gasteiger partial charge < -0.3 is 10.5 Å². The van der Waals surface area contributed by atoms with Crippen molar-refractivity contribution in [1.29, 1.82) is 0 Å². The Morgan fingerprint density at radius 2 is 2.06 bits per heavy atom. The van der Waals surface area contributed by atoms with Crippen LogP contribution in [0.3, 0.4) is 0 Å². The van der Waals surface area contributed by atoms with Crippen LogP contribution in [0, 0.1) is 6.92 Å². The van der Waals surface area contributed by atoms with Crippen LogP contribution in [0.4, 0.5) is 0 Å². The van der Waals surface area contributed by atoms with E-state index in [9.17, 15) is 4.79 Å². The van der Waals surface area contributed by atoms with Gasteiger partial charge in [0.2, 0.25) is 0 Å². The number of nitrogens with two attached hydrogens (primary N) is 1. The maximum absolute atomic E-state index is 11.3. The number of benzene rings is 1. The SMILES string of the molecule is CC.CCOC(=O)C(N)Cc1cccc(C)c1. The smallest absolute Gasteiger partial charge is 0.323 e. The summed E-state index contributed by atoms with van der Waals surface area (Å²) in [4.78, 5) is 11.3. The van der Waals surface area contributed by atoms with Gasteiger partial charge in [-0.3, -0.25) is 4.79 Å². The van der Waals surface area contributed by atoms with Gasteiger partial charge in [-0.25, -0.2) is 0 Å². The monoisotopic (exact) mass is 237 g/mol. The van der Waals surface area contributed by atoms with E-state index >= 15 is 0 Å². The molecule has 96 valence electrons. The number of hydrogen-bond donors (Lipinski definition) is 1. The number of rotatable bonds is 4. The molecule has 1 aromatic carbocycles. The summed E-state index contributed by atoms with van der Waals surface area (Å²) in [6.07, 6.45) is 0.528.